The Bertz CT molecular complexity index is 454. The van der Waals surface area contributed by atoms with Gasteiger partial charge in [0.2, 0.25) is 5.91 Å². The maximum Gasteiger partial charge on any atom is 0.220 e. The highest BCUT2D eigenvalue weighted by Crippen LogP contribution is 2.37. The Balaban J connectivity index is 1.87. The van der Waals surface area contributed by atoms with Crippen molar-refractivity contribution in [3.8, 4) is 5.75 Å². The van der Waals surface area contributed by atoms with Crippen molar-refractivity contribution in [1.82, 2.24) is 0 Å². The van der Waals surface area contributed by atoms with Crippen LogP contribution in [0.15, 0.2) is 24.3 Å². The van der Waals surface area contributed by atoms with Gasteiger partial charge in [-0.05, 0) is 36.8 Å². The quantitative estimate of drug-likeness (QED) is 0.805. The van der Waals surface area contributed by atoms with E-state index in [4.69, 9.17) is 10.5 Å². The summed E-state index contributed by atoms with van der Waals surface area (Å²) in [4.78, 5) is 10.7. The van der Waals surface area contributed by atoms with Crippen LogP contribution < -0.4 is 15.8 Å². The van der Waals surface area contributed by atoms with Crippen molar-refractivity contribution in [1.29, 1.82) is 0 Å². The van der Waals surface area contributed by atoms with E-state index in [0.29, 0.717) is 12.6 Å². The number of rotatable bonds is 7. The second-order valence-electron chi connectivity index (χ2n) is 5.88. The molecule has 0 aliphatic heterocycles. The van der Waals surface area contributed by atoms with Crippen molar-refractivity contribution >= 4 is 11.6 Å². The van der Waals surface area contributed by atoms with E-state index in [1.807, 2.05) is 24.3 Å². The molecule has 1 amide bonds. The first-order chi connectivity index (χ1) is 9.56. The fourth-order valence-corrected chi connectivity index (χ4v) is 2.52. The highest BCUT2D eigenvalue weighted by atomic mass is 16.5. The molecule has 1 fully saturated rings. The molecule has 2 rings (SSSR count). The summed E-state index contributed by atoms with van der Waals surface area (Å²) in [5.41, 5.74) is 6.12. The van der Waals surface area contributed by atoms with Crippen LogP contribution in [0.3, 0.4) is 0 Å². The molecule has 1 aromatic carbocycles. The number of hydrogen-bond donors (Lipinski definition) is 2. The molecule has 0 radical (unpaired) electrons. The van der Waals surface area contributed by atoms with Gasteiger partial charge in [0.05, 0.1) is 18.7 Å². The minimum atomic E-state index is -0.339. The Hall–Kier alpha value is -1.71. The van der Waals surface area contributed by atoms with Gasteiger partial charge in [-0.2, -0.15) is 0 Å². The second kappa shape index (κ2) is 6.64. The van der Waals surface area contributed by atoms with Crippen LogP contribution in [0.5, 0.6) is 5.75 Å². The third-order valence-electron chi connectivity index (χ3n) is 3.97. The normalized spacial score (nSPS) is 21.4. The predicted molar refractivity (Wildman–Crippen MR) is 80.7 cm³/mol. The van der Waals surface area contributed by atoms with E-state index in [1.54, 1.807) is 0 Å². The van der Waals surface area contributed by atoms with Crippen LogP contribution >= 0.6 is 0 Å². The number of ether oxygens (including phenoxy) is 1. The zero-order chi connectivity index (χ0) is 14.5. The SMILES string of the molecule is CC(C)C1CC(Nc2ccccc2OCCC(N)=O)C1. The van der Waals surface area contributed by atoms with E-state index >= 15 is 0 Å². The summed E-state index contributed by atoms with van der Waals surface area (Å²) in [5.74, 6) is 2.04. The molecule has 4 heteroatoms. The first-order valence-corrected chi connectivity index (χ1v) is 7.33. The topological polar surface area (TPSA) is 64.3 Å². The van der Waals surface area contributed by atoms with Crippen molar-refractivity contribution in [2.75, 3.05) is 11.9 Å². The van der Waals surface area contributed by atoms with Gasteiger partial charge in [-0.3, -0.25) is 4.79 Å². The summed E-state index contributed by atoms with van der Waals surface area (Å²) in [5, 5.41) is 3.53. The standard InChI is InChI=1S/C16H24N2O2/c1-11(2)12-9-13(10-12)18-14-5-3-4-6-15(14)20-8-7-16(17)19/h3-6,11-13,18H,7-10H2,1-2H3,(H2,17,19). The molecule has 1 saturated carbocycles. The smallest absolute Gasteiger partial charge is 0.220 e. The largest absolute Gasteiger partial charge is 0.491 e. The van der Waals surface area contributed by atoms with Gasteiger partial charge < -0.3 is 15.8 Å². The van der Waals surface area contributed by atoms with Crippen molar-refractivity contribution < 1.29 is 9.53 Å². The third-order valence-corrected chi connectivity index (χ3v) is 3.97. The minimum Gasteiger partial charge on any atom is -0.491 e. The highest BCUT2D eigenvalue weighted by molar-refractivity contribution is 5.73. The first kappa shape index (κ1) is 14.7. The van der Waals surface area contributed by atoms with E-state index in [-0.39, 0.29) is 12.3 Å². The number of primary amides is 1. The van der Waals surface area contributed by atoms with E-state index in [2.05, 4.69) is 19.2 Å². The molecule has 0 heterocycles. The lowest BCUT2D eigenvalue weighted by atomic mass is 9.73. The lowest BCUT2D eigenvalue weighted by molar-refractivity contribution is -0.118. The van der Waals surface area contributed by atoms with Crippen LogP contribution in [0, 0.1) is 11.8 Å². The number of nitrogens with one attached hydrogen (secondary N) is 1. The van der Waals surface area contributed by atoms with Crippen LogP contribution in [-0.2, 0) is 4.79 Å². The van der Waals surface area contributed by atoms with Crippen LogP contribution in [-0.4, -0.2) is 18.6 Å². The lowest BCUT2D eigenvalue weighted by Gasteiger charge is -2.39. The molecule has 110 valence electrons. The number of benzene rings is 1. The first-order valence-electron chi connectivity index (χ1n) is 7.33. The zero-order valence-electron chi connectivity index (χ0n) is 12.3. The molecule has 20 heavy (non-hydrogen) atoms. The number of para-hydroxylation sites is 2. The molecule has 0 bridgehead atoms. The Labute approximate surface area is 120 Å². The summed E-state index contributed by atoms with van der Waals surface area (Å²) >= 11 is 0. The highest BCUT2D eigenvalue weighted by Gasteiger charge is 2.31. The number of carbonyl (C=O) groups excluding carboxylic acids is 1. The second-order valence-corrected chi connectivity index (χ2v) is 5.88. The fourth-order valence-electron chi connectivity index (χ4n) is 2.52. The molecule has 1 aliphatic rings. The van der Waals surface area contributed by atoms with Crippen molar-refractivity contribution in [3.63, 3.8) is 0 Å². The Morgan fingerprint density at radius 1 is 1.40 bits per heavy atom. The molecule has 0 spiro atoms. The van der Waals surface area contributed by atoms with Gasteiger partial charge in [-0.15, -0.1) is 0 Å². The van der Waals surface area contributed by atoms with Crippen molar-refractivity contribution in [3.05, 3.63) is 24.3 Å². The number of nitrogens with two attached hydrogens (primary N) is 1. The summed E-state index contributed by atoms with van der Waals surface area (Å²) in [6, 6.07) is 8.39. The van der Waals surface area contributed by atoms with Crippen LogP contribution in [0.4, 0.5) is 5.69 Å². The minimum absolute atomic E-state index is 0.243. The summed E-state index contributed by atoms with van der Waals surface area (Å²) in [7, 11) is 0. The summed E-state index contributed by atoms with van der Waals surface area (Å²) in [6.07, 6.45) is 2.67. The molecule has 0 atom stereocenters. The summed E-state index contributed by atoms with van der Waals surface area (Å²) < 4.78 is 5.63. The average molecular weight is 276 g/mol. The van der Waals surface area contributed by atoms with Crippen LogP contribution in [0.25, 0.3) is 0 Å². The van der Waals surface area contributed by atoms with E-state index < -0.39 is 0 Å². The van der Waals surface area contributed by atoms with Crippen molar-refractivity contribution in [2.24, 2.45) is 17.6 Å². The Morgan fingerprint density at radius 3 is 2.75 bits per heavy atom. The molecular formula is C16H24N2O2. The van der Waals surface area contributed by atoms with Gasteiger partial charge in [0, 0.05) is 6.04 Å². The van der Waals surface area contributed by atoms with E-state index in [1.165, 1.54) is 12.8 Å². The molecule has 4 nitrogen and oxygen atoms in total. The lowest BCUT2D eigenvalue weighted by Crippen LogP contribution is -2.38. The average Bonchev–Trinajstić information content (AvgIpc) is 2.34. The molecule has 1 aromatic rings. The van der Waals surface area contributed by atoms with Crippen molar-refractivity contribution in [2.45, 2.75) is 39.2 Å². The fraction of sp³-hybridized carbons (Fsp3) is 0.562. The molecule has 0 aromatic heterocycles. The Morgan fingerprint density at radius 2 is 2.10 bits per heavy atom. The number of amides is 1. The van der Waals surface area contributed by atoms with Gasteiger partial charge in [0.15, 0.2) is 0 Å². The molecule has 1 aliphatic carbocycles. The summed E-state index contributed by atoms with van der Waals surface area (Å²) in [6.45, 7) is 4.89. The Kier molecular flexibility index (Phi) is 4.88. The van der Waals surface area contributed by atoms with E-state index in [0.717, 1.165) is 23.3 Å². The third kappa shape index (κ3) is 3.89. The predicted octanol–water partition coefficient (Wildman–Crippen LogP) is 2.79. The number of carbonyl (C=O) groups is 1. The molecule has 0 saturated heterocycles. The maximum atomic E-state index is 10.7. The van der Waals surface area contributed by atoms with Gasteiger partial charge in [0.25, 0.3) is 0 Å². The monoisotopic (exact) mass is 276 g/mol. The van der Waals surface area contributed by atoms with Crippen LogP contribution in [0.1, 0.15) is 33.1 Å². The van der Waals surface area contributed by atoms with E-state index in [9.17, 15) is 4.79 Å². The maximum absolute atomic E-state index is 10.7. The van der Waals surface area contributed by atoms with Gasteiger partial charge in [0.1, 0.15) is 5.75 Å². The van der Waals surface area contributed by atoms with Gasteiger partial charge in [-0.1, -0.05) is 26.0 Å². The molecular weight excluding hydrogens is 252 g/mol. The van der Waals surface area contributed by atoms with Crippen LogP contribution in [0.2, 0.25) is 0 Å². The molecule has 3 N–H and O–H groups in total. The van der Waals surface area contributed by atoms with Gasteiger partial charge in [-0.25, -0.2) is 0 Å². The number of hydrogen-bond acceptors (Lipinski definition) is 3. The number of anilines is 1. The molecule has 0 unspecified atom stereocenters. The zero-order valence-corrected chi connectivity index (χ0v) is 12.3. The van der Waals surface area contributed by atoms with Gasteiger partial charge >= 0.3 is 0 Å².